The molecule has 17 heavy (non-hydrogen) atoms. The molecule has 90 valence electrons. The Balaban J connectivity index is 0.00000108. The summed E-state index contributed by atoms with van der Waals surface area (Å²) in [6.07, 6.45) is 1.65. The van der Waals surface area contributed by atoms with Gasteiger partial charge >= 0.3 is 0 Å². The summed E-state index contributed by atoms with van der Waals surface area (Å²) >= 11 is 0. The number of fused-ring (bicyclic) bond motifs is 1. The molecule has 1 aliphatic heterocycles. The Bertz CT molecular complexity index is 491. The van der Waals surface area contributed by atoms with Crippen LogP contribution in [0.4, 0.5) is 5.82 Å². The molecule has 0 amide bonds. The van der Waals surface area contributed by atoms with Crippen LogP contribution in [-0.4, -0.2) is 36.1 Å². The van der Waals surface area contributed by atoms with E-state index in [-0.39, 0.29) is 12.4 Å². The van der Waals surface area contributed by atoms with Gasteiger partial charge in [0.1, 0.15) is 12.1 Å². The third kappa shape index (κ3) is 2.33. The van der Waals surface area contributed by atoms with Gasteiger partial charge in [0.05, 0.1) is 5.52 Å². The first-order valence-electron chi connectivity index (χ1n) is 5.60. The van der Waals surface area contributed by atoms with E-state index < -0.39 is 0 Å². The van der Waals surface area contributed by atoms with E-state index in [4.69, 9.17) is 0 Å². The lowest BCUT2D eigenvalue weighted by molar-refractivity contribution is 0.586. The molecule has 1 fully saturated rings. The lowest BCUT2D eigenvalue weighted by Crippen LogP contribution is -2.44. The molecular formula is C12H15ClN4. The third-order valence-corrected chi connectivity index (χ3v) is 2.94. The van der Waals surface area contributed by atoms with Gasteiger partial charge in [-0.1, -0.05) is 12.1 Å². The minimum Gasteiger partial charge on any atom is -0.353 e. The number of rotatable bonds is 1. The van der Waals surface area contributed by atoms with E-state index in [0.717, 1.165) is 42.9 Å². The SMILES string of the molecule is Cl.c1ccc2c(N3CCNCC3)ncnc2c1. The fraction of sp³-hybridized carbons (Fsp3) is 0.333. The Morgan fingerprint density at radius 2 is 1.82 bits per heavy atom. The van der Waals surface area contributed by atoms with Gasteiger partial charge < -0.3 is 10.2 Å². The summed E-state index contributed by atoms with van der Waals surface area (Å²) in [7, 11) is 0. The van der Waals surface area contributed by atoms with Crippen LogP contribution >= 0.6 is 12.4 Å². The van der Waals surface area contributed by atoms with Crippen molar-refractivity contribution in [1.82, 2.24) is 15.3 Å². The first-order valence-corrected chi connectivity index (χ1v) is 5.60. The molecular weight excluding hydrogens is 236 g/mol. The molecule has 0 saturated carbocycles. The van der Waals surface area contributed by atoms with Crippen molar-refractivity contribution in [2.45, 2.75) is 0 Å². The minimum atomic E-state index is 0. The second-order valence-corrected chi connectivity index (χ2v) is 3.95. The maximum atomic E-state index is 4.42. The number of nitrogens with one attached hydrogen (secondary N) is 1. The number of piperazine rings is 1. The molecule has 0 atom stereocenters. The summed E-state index contributed by atoms with van der Waals surface area (Å²) in [5.41, 5.74) is 1.02. The lowest BCUT2D eigenvalue weighted by Gasteiger charge is -2.29. The summed E-state index contributed by atoms with van der Waals surface area (Å²) in [4.78, 5) is 11.0. The number of para-hydroxylation sites is 1. The van der Waals surface area contributed by atoms with Gasteiger partial charge in [-0.25, -0.2) is 9.97 Å². The van der Waals surface area contributed by atoms with Crippen molar-refractivity contribution in [1.29, 1.82) is 0 Å². The molecule has 0 unspecified atom stereocenters. The largest absolute Gasteiger partial charge is 0.353 e. The van der Waals surface area contributed by atoms with Crippen LogP contribution in [0.3, 0.4) is 0 Å². The van der Waals surface area contributed by atoms with Crippen LogP contribution in [0.25, 0.3) is 10.9 Å². The van der Waals surface area contributed by atoms with Gasteiger partial charge in [-0.3, -0.25) is 0 Å². The number of nitrogens with zero attached hydrogens (tertiary/aromatic N) is 3. The first kappa shape index (κ1) is 12.1. The van der Waals surface area contributed by atoms with Gasteiger partial charge in [0.15, 0.2) is 0 Å². The van der Waals surface area contributed by atoms with Crippen LogP contribution in [0.2, 0.25) is 0 Å². The summed E-state index contributed by atoms with van der Waals surface area (Å²) in [6.45, 7) is 4.08. The van der Waals surface area contributed by atoms with Crippen molar-refractivity contribution in [3.8, 4) is 0 Å². The monoisotopic (exact) mass is 250 g/mol. The van der Waals surface area contributed by atoms with E-state index in [2.05, 4.69) is 26.3 Å². The maximum Gasteiger partial charge on any atom is 0.139 e. The fourth-order valence-corrected chi connectivity index (χ4v) is 2.12. The highest BCUT2D eigenvalue weighted by Crippen LogP contribution is 2.22. The molecule has 3 rings (SSSR count). The number of hydrogen-bond acceptors (Lipinski definition) is 4. The fourth-order valence-electron chi connectivity index (χ4n) is 2.12. The highest BCUT2D eigenvalue weighted by molar-refractivity contribution is 5.89. The molecule has 1 aliphatic rings. The predicted octanol–water partition coefficient (Wildman–Crippen LogP) is 1.46. The molecule has 2 aromatic rings. The summed E-state index contributed by atoms with van der Waals surface area (Å²) in [5.74, 6) is 1.06. The molecule has 4 nitrogen and oxygen atoms in total. The normalized spacial score (nSPS) is 15.6. The molecule has 0 spiro atoms. The molecule has 1 aromatic carbocycles. The Morgan fingerprint density at radius 1 is 1.06 bits per heavy atom. The van der Waals surface area contributed by atoms with Gasteiger partial charge in [0.25, 0.3) is 0 Å². The van der Waals surface area contributed by atoms with E-state index in [9.17, 15) is 0 Å². The number of halogens is 1. The Kier molecular flexibility index (Phi) is 3.76. The zero-order valence-corrected chi connectivity index (χ0v) is 10.3. The van der Waals surface area contributed by atoms with Crippen LogP contribution in [0.15, 0.2) is 30.6 Å². The van der Waals surface area contributed by atoms with Crippen molar-refractivity contribution in [3.63, 3.8) is 0 Å². The van der Waals surface area contributed by atoms with Crippen LogP contribution in [0.5, 0.6) is 0 Å². The molecule has 0 aliphatic carbocycles. The Morgan fingerprint density at radius 3 is 2.65 bits per heavy atom. The van der Waals surface area contributed by atoms with Crippen LogP contribution in [0, 0.1) is 0 Å². The molecule has 5 heteroatoms. The first-order chi connectivity index (χ1) is 7.95. The van der Waals surface area contributed by atoms with Gasteiger partial charge in [0, 0.05) is 31.6 Å². The van der Waals surface area contributed by atoms with Crippen molar-refractivity contribution >= 4 is 29.1 Å². The summed E-state index contributed by atoms with van der Waals surface area (Å²) < 4.78 is 0. The second-order valence-electron chi connectivity index (χ2n) is 3.95. The summed E-state index contributed by atoms with van der Waals surface area (Å²) in [5, 5.41) is 4.49. The molecule has 1 N–H and O–H groups in total. The van der Waals surface area contributed by atoms with E-state index in [1.807, 2.05) is 18.2 Å². The Labute approximate surface area is 106 Å². The van der Waals surface area contributed by atoms with Crippen LogP contribution in [0.1, 0.15) is 0 Å². The molecule has 0 bridgehead atoms. The number of hydrogen-bond donors (Lipinski definition) is 1. The van der Waals surface area contributed by atoms with E-state index in [0.29, 0.717) is 0 Å². The number of aromatic nitrogens is 2. The zero-order valence-electron chi connectivity index (χ0n) is 9.47. The standard InChI is InChI=1S/C12H14N4.ClH/c1-2-4-11-10(3-1)12(15-9-14-11)16-7-5-13-6-8-16;/h1-4,9,13H,5-8H2;1H. The average molecular weight is 251 g/mol. The average Bonchev–Trinajstić information content (AvgIpc) is 2.39. The molecule has 2 heterocycles. The van der Waals surface area contributed by atoms with Crippen molar-refractivity contribution < 1.29 is 0 Å². The molecule has 1 saturated heterocycles. The number of anilines is 1. The van der Waals surface area contributed by atoms with E-state index in [1.54, 1.807) is 6.33 Å². The van der Waals surface area contributed by atoms with Crippen molar-refractivity contribution in [2.24, 2.45) is 0 Å². The quantitative estimate of drug-likeness (QED) is 0.832. The van der Waals surface area contributed by atoms with Gasteiger partial charge in [-0.2, -0.15) is 0 Å². The summed E-state index contributed by atoms with van der Waals surface area (Å²) in [6, 6.07) is 8.17. The zero-order chi connectivity index (χ0) is 10.8. The third-order valence-electron chi connectivity index (χ3n) is 2.94. The van der Waals surface area contributed by atoms with E-state index >= 15 is 0 Å². The van der Waals surface area contributed by atoms with Crippen molar-refractivity contribution in [2.75, 3.05) is 31.1 Å². The lowest BCUT2D eigenvalue weighted by atomic mass is 10.2. The van der Waals surface area contributed by atoms with Crippen molar-refractivity contribution in [3.05, 3.63) is 30.6 Å². The smallest absolute Gasteiger partial charge is 0.139 e. The van der Waals surface area contributed by atoms with Crippen LogP contribution < -0.4 is 10.2 Å². The van der Waals surface area contributed by atoms with E-state index in [1.165, 1.54) is 0 Å². The minimum absolute atomic E-state index is 0. The number of benzene rings is 1. The Hall–Kier alpha value is -1.39. The molecule has 1 aromatic heterocycles. The maximum absolute atomic E-state index is 4.42. The highest BCUT2D eigenvalue weighted by Gasteiger charge is 2.14. The van der Waals surface area contributed by atoms with Crippen LogP contribution in [-0.2, 0) is 0 Å². The highest BCUT2D eigenvalue weighted by atomic mass is 35.5. The second kappa shape index (κ2) is 5.29. The van der Waals surface area contributed by atoms with Gasteiger partial charge in [-0.05, 0) is 12.1 Å². The van der Waals surface area contributed by atoms with Gasteiger partial charge in [-0.15, -0.1) is 12.4 Å². The predicted molar refractivity (Wildman–Crippen MR) is 71.9 cm³/mol. The van der Waals surface area contributed by atoms with Gasteiger partial charge in [0.2, 0.25) is 0 Å². The molecule has 0 radical (unpaired) electrons. The topological polar surface area (TPSA) is 41.0 Å².